The number of hydrogen-bond acceptors (Lipinski definition) is 16. The Morgan fingerprint density at radius 1 is 0.935 bits per heavy atom. The van der Waals surface area contributed by atoms with Crippen LogP contribution in [0.4, 0.5) is 16.2 Å². The van der Waals surface area contributed by atoms with E-state index < -0.39 is 65.7 Å². The first kappa shape index (κ1) is 34.5. The molecule has 1 heterocycles. The Kier molecular flexibility index (Phi) is 11.8. The van der Waals surface area contributed by atoms with Gasteiger partial charge < -0.3 is 37.9 Å². The second-order valence-corrected chi connectivity index (χ2v) is 9.17. The van der Waals surface area contributed by atoms with E-state index in [1.54, 1.807) is 0 Å². The van der Waals surface area contributed by atoms with Crippen molar-refractivity contribution in [3.63, 3.8) is 0 Å². The first-order valence-corrected chi connectivity index (χ1v) is 13.0. The van der Waals surface area contributed by atoms with Crippen molar-refractivity contribution in [3.8, 4) is 11.5 Å². The van der Waals surface area contributed by atoms with Gasteiger partial charge in [-0.05, 0) is 35.4 Å². The zero-order chi connectivity index (χ0) is 34.0. The lowest BCUT2D eigenvalue weighted by molar-refractivity contribution is -0.384. The highest BCUT2D eigenvalue weighted by molar-refractivity contribution is 5.77. The molecule has 0 N–H and O–H groups in total. The number of carbonyl (C=O) groups is 5. The van der Waals surface area contributed by atoms with Gasteiger partial charge in [-0.25, -0.2) is 9.59 Å². The van der Waals surface area contributed by atoms with Crippen LogP contribution in [-0.2, 0) is 54.2 Å². The van der Waals surface area contributed by atoms with Crippen molar-refractivity contribution in [2.24, 2.45) is 5.11 Å². The molecule has 0 unspecified atom stereocenters. The van der Waals surface area contributed by atoms with Crippen molar-refractivity contribution in [1.29, 1.82) is 0 Å². The summed E-state index contributed by atoms with van der Waals surface area (Å²) < 4.78 is 42.1. The summed E-state index contributed by atoms with van der Waals surface area (Å²) in [5.74, 6) is -3.93. The lowest BCUT2D eigenvalue weighted by Crippen LogP contribution is -2.64. The molecule has 0 radical (unpaired) electrons. The van der Waals surface area contributed by atoms with Gasteiger partial charge in [0.2, 0.25) is 12.4 Å². The summed E-state index contributed by atoms with van der Waals surface area (Å²) in [5.41, 5.74) is 9.02. The monoisotopic (exact) mass is 646 g/mol. The van der Waals surface area contributed by atoms with Crippen molar-refractivity contribution < 1.29 is 66.8 Å². The minimum atomic E-state index is -1.73. The van der Waals surface area contributed by atoms with Crippen molar-refractivity contribution >= 4 is 41.4 Å². The van der Waals surface area contributed by atoms with Crippen molar-refractivity contribution in [2.75, 3.05) is 7.11 Å². The molecule has 0 aliphatic carbocycles. The maximum absolute atomic E-state index is 12.6. The third kappa shape index (κ3) is 9.28. The summed E-state index contributed by atoms with van der Waals surface area (Å²) in [6.45, 7) is 2.69. The zero-order valence-corrected chi connectivity index (χ0v) is 24.5. The molecule has 3 rings (SSSR count). The molecule has 5 atom stereocenters. The van der Waals surface area contributed by atoms with Gasteiger partial charge in [0.25, 0.3) is 5.69 Å². The fourth-order valence-electron chi connectivity index (χ4n) is 4.08. The summed E-state index contributed by atoms with van der Waals surface area (Å²) in [6.07, 6.45) is -9.47. The normalized spacial score (nSPS) is 20.1. The first-order valence-electron chi connectivity index (χ1n) is 13.0. The SMILES string of the molecule is COC(=O)[C@H]1O[C@@H](Oc2ccc(COC(=O)Oc3ccc([N+](=O)[O-])cc3)cc2N=[N+]=[N-])[C@H](OC(C)=O)[C@@H](OC(C)=O)[C@@H]1OC(C)=O. The Balaban J connectivity index is 1.86. The van der Waals surface area contributed by atoms with Gasteiger partial charge in [0.05, 0.1) is 17.7 Å². The Bertz CT molecular complexity index is 1540. The molecule has 1 fully saturated rings. The van der Waals surface area contributed by atoms with Crippen LogP contribution >= 0.6 is 0 Å². The van der Waals surface area contributed by atoms with E-state index in [2.05, 4.69) is 10.0 Å². The van der Waals surface area contributed by atoms with Gasteiger partial charge in [0.1, 0.15) is 18.1 Å². The standard InChI is InChI=1S/C27H26N4O15/c1-13(32)41-21-22(42-14(2)33)24(43-15(3)34)26(46-23(21)25(35)39-4)45-20-10-5-16(11-19(20)29-30-28)12-40-27(36)44-18-8-6-17(7-9-18)31(37)38/h5-11,21-24,26H,12H2,1-4H3/t21-,22-,23-,24+,26+/m0/s1. The summed E-state index contributed by atoms with van der Waals surface area (Å²) in [6, 6.07) is 8.59. The smallest absolute Gasteiger partial charge is 0.467 e. The molecule has 19 nitrogen and oxygen atoms in total. The third-order valence-electron chi connectivity index (χ3n) is 5.86. The molecule has 0 amide bonds. The average Bonchev–Trinajstić information content (AvgIpc) is 2.99. The topological polar surface area (TPSA) is 251 Å². The number of azide groups is 1. The van der Waals surface area contributed by atoms with E-state index in [-0.39, 0.29) is 35.0 Å². The van der Waals surface area contributed by atoms with E-state index in [0.29, 0.717) is 0 Å². The van der Waals surface area contributed by atoms with Gasteiger partial charge in [0, 0.05) is 37.8 Å². The Labute approximate surface area is 258 Å². The molecule has 0 spiro atoms. The molecule has 1 aliphatic rings. The van der Waals surface area contributed by atoms with Crippen LogP contribution in [0.15, 0.2) is 47.6 Å². The summed E-state index contributed by atoms with van der Waals surface area (Å²) in [5, 5.41) is 14.3. The number of hydrogen-bond donors (Lipinski definition) is 0. The second kappa shape index (κ2) is 15.7. The number of ether oxygens (including phenoxy) is 8. The number of nitro benzene ring substituents is 1. The lowest BCUT2D eigenvalue weighted by Gasteiger charge is -2.43. The summed E-state index contributed by atoms with van der Waals surface area (Å²) >= 11 is 0. The van der Waals surface area contributed by atoms with Crippen LogP contribution in [0.25, 0.3) is 10.4 Å². The molecule has 0 saturated carbocycles. The van der Waals surface area contributed by atoms with Crippen molar-refractivity contribution in [1.82, 2.24) is 0 Å². The Hall–Kier alpha value is -5.94. The van der Waals surface area contributed by atoms with Crippen molar-refractivity contribution in [3.05, 3.63) is 68.6 Å². The van der Waals surface area contributed by atoms with E-state index >= 15 is 0 Å². The number of nitrogens with zero attached hydrogens (tertiary/aromatic N) is 4. The van der Waals surface area contributed by atoms with Crippen LogP contribution in [0.3, 0.4) is 0 Å². The Morgan fingerprint density at radius 3 is 2.11 bits per heavy atom. The van der Waals surface area contributed by atoms with Crippen LogP contribution in [-0.4, -0.2) is 72.8 Å². The van der Waals surface area contributed by atoms with E-state index in [1.807, 2.05) is 0 Å². The van der Waals surface area contributed by atoms with Gasteiger partial charge in [-0.3, -0.25) is 24.5 Å². The first-order chi connectivity index (χ1) is 21.8. The lowest BCUT2D eigenvalue weighted by atomic mass is 9.97. The van der Waals surface area contributed by atoms with Gasteiger partial charge in [-0.1, -0.05) is 11.2 Å². The molecule has 0 bridgehead atoms. The third-order valence-corrected chi connectivity index (χ3v) is 5.86. The van der Waals surface area contributed by atoms with Gasteiger partial charge in [-0.2, -0.15) is 0 Å². The average molecular weight is 647 g/mol. The van der Waals surface area contributed by atoms with Crippen molar-refractivity contribution in [2.45, 2.75) is 58.1 Å². The van der Waals surface area contributed by atoms with Crippen LogP contribution in [0.1, 0.15) is 26.3 Å². The molecule has 46 heavy (non-hydrogen) atoms. The van der Waals surface area contributed by atoms with Crippen LogP contribution < -0.4 is 9.47 Å². The molecule has 19 heteroatoms. The molecule has 0 aromatic heterocycles. The van der Waals surface area contributed by atoms with E-state index in [0.717, 1.165) is 40.0 Å². The van der Waals surface area contributed by atoms with Gasteiger partial charge in [0.15, 0.2) is 18.3 Å². The summed E-state index contributed by atoms with van der Waals surface area (Å²) in [4.78, 5) is 73.5. The quantitative estimate of drug-likeness (QED) is 0.0496. The zero-order valence-electron chi connectivity index (χ0n) is 24.5. The molecule has 1 aliphatic heterocycles. The molecular formula is C27H26N4O15. The maximum Gasteiger partial charge on any atom is 0.514 e. The van der Waals surface area contributed by atoms with Crippen LogP contribution in [0, 0.1) is 10.1 Å². The van der Waals surface area contributed by atoms with E-state index in [4.69, 9.17) is 43.4 Å². The number of esters is 4. The molecule has 1 saturated heterocycles. The van der Waals surface area contributed by atoms with E-state index in [9.17, 15) is 34.1 Å². The Morgan fingerprint density at radius 2 is 1.54 bits per heavy atom. The minimum Gasteiger partial charge on any atom is -0.467 e. The number of non-ortho nitro benzene ring substituents is 1. The van der Waals surface area contributed by atoms with Crippen LogP contribution in [0.2, 0.25) is 0 Å². The predicted octanol–water partition coefficient (Wildman–Crippen LogP) is 3.32. The number of methoxy groups -OCH3 is 1. The largest absolute Gasteiger partial charge is 0.514 e. The second-order valence-electron chi connectivity index (χ2n) is 9.17. The number of benzene rings is 2. The predicted molar refractivity (Wildman–Crippen MR) is 147 cm³/mol. The molecular weight excluding hydrogens is 620 g/mol. The maximum atomic E-state index is 12.6. The fraction of sp³-hybridized carbons (Fsp3) is 0.370. The molecule has 244 valence electrons. The highest BCUT2D eigenvalue weighted by Gasteiger charge is 2.56. The molecule has 2 aromatic carbocycles. The number of rotatable bonds is 11. The summed E-state index contributed by atoms with van der Waals surface area (Å²) in [7, 11) is 1.02. The highest BCUT2D eigenvalue weighted by atomic mass is 16.7. The molecule has 2 aromatic rings. The van der Waals surface area contributed by atoms with Crippen LogP contribution in [0.5, 0.6) is 11.5 Å². The van der Waals surface area contributed by atoms with E-state index in [1.165, 1.54) is 30.3 Å². The van der Waals surface area contributed by atoms with Gasteiger partial charge >= 0.3 is 30.0 Å². The fourth-order valence-corrected chi connectivity index (χ4v) is 4.08. The van der Waals surface area contributed by atoms with Gasteiger partial charge in [-0.15, -0.1) is 0 Å². The number of nitro groups is 1. The highest BCUT2D eigenvalue weighted by Crippen LogP contribution is 2.35. The minimum absolute atomic E-state index is 0.0165. The number of carbonyl (C=O) groups excluding carboxylic acids is 5.